The van der Waals surface area contributed by atoms with Crippen molar-refractivity contribution in [1.82, 2.24) is 0 Å². The summed E-state index contributed by atoms with van der Waals surface area (Å²) in [4.78, 5) is 11.5. The first kappa shape index (κ1) is 24.1. The maximum atomic E-state index is 11.5. The number of aliphatic hydroxyl groups is 2. The quantitative estimate of drug-likeness (QED) is 0.208. The summed E-state index contributed by atoms with van der Waals surface area (Å²) in [5, 5.41) is 17.7. The Morgan fingerprint density at radius 3 is 1.80 bits per heavy atom. The predicted molar refractivity (Wildman–Crippen MR) is 104 cm³/mol. The van der Waals surface area contributed by atoms with Crippen molar-refractivity contribution in [3.8, 4) is 0 Å². The molecule has 0 spiro atoms. The summed E-state index contributed by atoms with van der Waals surface area (Å²) in [6.45, 7) is 1.60. The lowest BCUT2D eigenvalue weighted by molar-refractivity contribution is -0.153. The first-order valence-corrected chi connectivity index (χ1v) is 10.3. The zero-order chi connectivity index (χ0) is 18.6. The van der Waals surface area contributed by atoms with E-state index in [9.17, 15) is 4.79 Å². The van der Waals surface area contributed by atoms with Crippen molar-refractivity contribution in [1.29, 1.82) is 0 Å². The van der Waals surface area contributed by atoms with Gasteiger partial charge in [-0.3, -0.25) is 4.79 Å². The highest BCUT2D eigenvalue weighted by atomic mass is 16.6. The second-order valence-electron chi connectivity index (χ2n) is 6.81. The molecular formula is C21H40O4. The number of hydrogen-bond donors (Lipinski definition) is 2. The third-order valence-corrected chi connectivity index (χ3v) is 4.35. The minimum absolute atomic E-state index is 0.325. The average Bonchev–Trinajstić information content (AvgIpc) is 2.62. The molecule has 0 bridgehead atoms. The van der Waals surface area contributed by atoms with Gasteiger partial charge in [-0.25, -0.2) is 0 Å². The SMILES string of the molecule is CCCCCCCC/C=C\CCCCCCCC(=O)OC(CO)CO. The summed E-state index contributed by atoms with van der Waals surface area (Å²) in [5.41, 5.74) is 0. The maximum Gasteiger partial charge on any atom is 0.306 e. The van der Waals surface area contributed by atoms with Crippen LogP contribution in [0, 0.1) is 0 Å². The van der Waals surface area contributed by atoms with Crippen LogP contribution in [0.4, 0.5) is 0 Å². The van der Waals surface area contributed by atoms with E-state index in [-0.39, 0.29) is 19.2 Å². The van der Waals surface area contributed by atoms with Gasteiger partial charge in [0.05, 0.1) is 13.2 Å². The van der Waals surface area contributed by atoms with Crippen molar-refractivity contribution in [2.75, 3.05) is 13.2 Å². The molecule has 148 valence electrons. The Hall–Kier alpha value is -0.870. The van der Waals surface area contributed by atoms with Crippen LogP contribution in [-0.4, -0.2) is 35.5 Å². The number of carbonyl (C=O) groups excluding carboxylic acids is 1. The van der Waals surface area contributed by atoms with E-state index in [1.165, 1.54) is 57.8 Å². The lowest BCUT2D eigenvalue weighted by Gasteiger charge is -2.12. The zero-order valence-corrected chi connectivity index (χ0v) is 16.3. The molecule has 0 aromatic carbocycles. The van der Waals surface area contributed by atoms with E-state index < -0.39 is 6.10 Å². The highest BCUT2D eigenvalue weighted by Crippen LogP contribution is 2.10. The Labute approximate surface area is 154 Å². The minimum Gasteiger partial charge on any atom is -0.457 e. The Balaban J connectivity index is 3.28. The molecule has 2 N–H and O–H groups in total. The van der Waals surface area contributed by atoms with Crippen LogP contribution in [0.2, 0.25) is 0 Å². The maximum absolute atomic E-state index is 11.5. The summed E-state index contributed by atoms with van der Waals surface area (Å²) >= 11 is 0. The van der Waals surface area contributed by atoms with Crippen LogP contribution in [0.25, 0.3) is 0 Å². The normalized spacial score (nSPS) is 11.5. The number of aliphatic hydroxyl groups excluding tert-OH is 2. The summed E-state index contributed by atoms with van der Waals surface area (Å²) in [6.07, 6.45) is 20.2. The van der Waals surface area contributed by atoms with Gasteiger partial charge in [0, 0.05) is 6.42 Å². The molecule has 25 heavy (non-hydrogen) atoms. The van der Waals surface area contributed by atoms with Crippen LogP contribution in [0.1, 0.15) is 96.8 Å². The second kappa shape index (κ2) is 19.5. The third kappa shape index (κ3) is 17.7. The van der Waals surface area contributed by atoms with Gasteiger partial charge in [0.15, 0.2) is 0 Å². The molecule has 0 aliphatic rings. The van der Waals surface area contributed by atoms with Crippen molar-refractivity contribution in [2.45, 2.75) is 103 Å². The van der Waals surface area contributed by atoms with Crippen LogP contribution >= 0.6 is 0 Å². The Morgan fingerprint density at radius 1 is 0.800 bits per heavy atom. The van der Waals surface area contributed by atoms with E-state index in [0.717, 1.165) is 25.7 Å². The van der Waals surface area contributed by atoms with Crippen LogP contribution in [-0.2, 0) is 9.53 Å². The van der Waals surface area contributed by atoms with E-state index >= 15 is 0 Å². The number of rotatable bonds is 18. The monoisotopic (exact) mass is 356 g/mol. The van der Waals surface area contributed by atoms with Crippen LogP contribution in [0.5, 0.6) is 0 Å². The fraction of sp³-hybridized carbons (Fsp3) is 0.857. The zero-order valence-electron chi connectivity index (χ0n) is 16.3. The molecule has 0 atom stereocenters. The molecule has 0 unspecified atom stereocenters. The first-order chi connectivity index (χ1) is 12.2. The van der Waals surface area contributed by atoms with Crippen molar-refractivity contribution in [3.05, 3.63) is 12.2 Å². The van der Waals surface area contributed by atoms with E-state index in [0.29, 0.717) is 6.42 Å². The highest BCUT2D eigenvalue weighted by molar-refractivity contribution is 5.69. The first-order valence-electron chi connectivity index (χ1n) is 10.3. The number of allylic oxidation sites excluding steroid dienone is 2. The van der Waals surface area contributed by atoms with E-state index in [1.807, 2.05) is 0 Å². The Morgan fingerprint density at radius 2 is 1.28 bits per heavy atom. The third-order valence-electron chi connectivity index (χ3n) is 4.35. The highest BCUT2D eigenvalue weighted by Gasteiger charge is 2.11. The summed E-state index contributed by atoms with van der Waals surface area (Å²) < 4.78 is 4.92. The molecule has 0 saturated heterocycles. The largest absolute Gasteiger partial charge is 0.457 e. The van der Waals surface area contributed by atoms with E-state index in [2.05, 4.69) is 19.1 Å². The lowest BCUT2D eigenvalue weighted by atomic mass is 10.1. The molecular weight excluding hydrogens is 316 g/mol. The molecule has 0 aliphatic carbocycles. The topological polar surface area (TPSA) is 66.8 Å². The molecule has 0 fully saturated rings. The Bertz CT molecular complexity index is 311. The molecule has 4 nitrogen and oxygen atoms in total. The smallest absolute Gasteiger partial charge is 0.306 e. The van der Waals surface area contributed by atoms with Gasteiger partial charge in [-0.2, -0.15) is 0 Å². The average molecular weight is 357 g/mol. The van der Waals surface area contributed by atoms with Crippen molar-refractivity contribution in [3.63, 3.8) is 0 Å². The second-order valence-corrected chi connectivity index (χ2v) is 6.81. The molecule has 0 aromatic rings. The van der Waals surface area contributed by atoms with Gasteiger partial charge in [0.1, 0.15) is 6.10 Å². The minimum atomic E-state index is -0.768. The fourth-order valence-electron chi connectivity index (χ4n) is 2.72. The van der Waals surface area contributed by atoms with Crippen molar-refractivity contribution in [2.24, 2.45) is 0 Å². The van der Waals surface area contributed by atoms with Gasteiger partial charge in [-0.05, 0) is 32.1 Å². The van der Waals surface area contributed by atoms with Gasteiger partial charge in [0.25, 0.3) is 0 Å². The van der Waals surface area contributed by atoms with Gasteiger partial charge in [-0.15, -0.1) is 0 Å². The molecule has 0 amide bonds. The van der Waals surface area contributed by atoms with E-state index in [1.54, 1.807) is 0 Å². The molecule has 0 heterocycles. The van der Waals surface area contributed by atoms with E-state index in [4.69, 9.17) is 14.9 Å². The van der Waals surface area contributed by atoms with Crippen molar-refractivity contribution >= 4 is 5.97 Å². The fourth-order valence-corrected chi connectivity index (χ4v) is 2.72. The van der Waals surface area contributed by atoms with Crippen LogP contribution < -0.4 is 0 Å². The van der Waals surface area contributed by atoms with Gasteiger partial charge < -0.3 is 14.9 Å². The number of hydrogen-bond acceptors (Lipinski definition) is 4. The Kier molecular flexibility index (Phi) is 18.8. The summed E-state index contributed by atoms with van der Waals surface area (Å²) in [7, 11) is 0. The van der Waals surface area contributed by atoms with Gasteiger partial charge in [0.2, 0.25) is 0 Å². The predicted octanol–water partition coefficient (Wildman–Crippen LogP) is 4.92. The molecule has 0 radical (unpaired) electrons. The number of esters is 1. The number of ether oxygens (including phenoxy) is 1. The van der Waals surface area contributed by atoms with Crippen molar-refractivity contribution < 1.29 is 19.7 Å². The van der Waals surface area contributed by atoms with Crippen LogP contribution in [0.3, 0.4) is 0 Å². The molecule has 0 aromatic heterocycles. The molecule has 0 aliphatic heterocycles. The molecule has 0 saturated carbocycles. The van der Waals surface area contributed by atoms with Crippen LogP contribution in [0.15, 0.2) is 12.2 Å². The number of unbranched alkanes of at least 4 members (excludes halogenated alkanes) is 11. The number of carbonyl (C=O) groups is 1. The van der Waals surface area contributed by atoms with Gasteiger partial charge >= 0.3 is 5.97 Å². The summed E-state index contributed by atoms with van der Waals surface area (Å²) in [6, 6.07) is 0. The van der Waals surface area contributed by atoms with Gasteiger partial charge in [-0.1, -0.05) is 70.4 Å². The standard InChI is InChI=1S/C21H40O4/c1-2-3-4-5-6-7-8-9-10-11-12-13-14-15-16-17-21(24)25-20(18-22)19-23/h9-10,20,22-23H,2-8,11-19H2,1H3/b10-9-. The molecule has 4 heteroatoms. The lowest BCUT2D eigenvalue weighted by Crippen LogP contribution is -2.25. The molecule has 0 rings (SSSR count). The summed E-state index contributed by atoms with van der Waals surface area (Å²) in [5.74, 6) is -0.328.